The zero-order chi connectivity index (χ0) is 19.0. The molecule has 0 radical (unpaired) electrons. The van der Waals surface area contributed by atoms with Gasteiger partial charge in [-0.25, -0.2) is 9.59 Å². The fraction of sp³-hybridized carbons (Fsp3) is 0.471. The van der Waals surface area contributed by atoms with Crippen LogP contribution in [-0.2, 0) is 25.6 Å². The Labute approximate surface area is 146 Å². The number of primary amides is 1. The molecule has 0 aliphatic heterocycles. The van der Waals surface area contributed by atoms with E-state index in [2.05, 4.69) is 10.1 Å². The Morgan fingerprint density at radius 1 is 1.24 bits per heavy atom. The minimum Gasteiger partial charge on any atom is -0.465 e. The number of ether oxygens (including phenoxy) is 3. The molecule has 0 aliphatic rings. The molecule has 25 heavy (non-hydrogen) atoms. The van der Waals surface area contributed by atoms with Crippen molar-refractivity contribution in [1.82, 2.24) is 5.32 Å². The summed E-state index contributed by atoms with van der Waals surface area (Å²) in [7, 11) is 1.30. The zero-order valence-corrected chi connectivity index (χ0v) is 14.8. The predicted octanol–water partition coefficient (Wildman–Crippen LogP) is 1.37. The summed E-state index contributed by atoms with van der Waals surface area (Å²) < 4.78 is 15.1. The maximum atomic E-state index is 11.7. The molecule has 1 aromatic rings. The van der Waals surface area contributed by atoms with Gasteiger partial charge >= 0.3 is 12.1 Å². The van der Waals surface area contributed by atoms with Crippen molar-refractivity contribution in [3.63, 3.8) is 0 Å². The smallest absolute Gasteiger partial charge is 0.408 e. The molecule has 0 saturated carbocycles. The number of esters is 1. The van der Waals surface area contributed by atoms with E-state index in [4.69, 9.17) is 15.2 Å². The maximum absolute atomic E-state index is 11.7. The van der Waals surface area contributed by atoms with Crippen molar-refractivity contribution in [1.29, 1.82) is 0 Å². The minimum absolute atomic E-state index is 0.128. The molecule has 0 aliphatic carbocycles. The highest BCUT2D eigenvalue weighted by molar-refractivity contribution is 5.89. The number of alkyl carbamates (subject to hydrolysis) is 1. The van der Waals surface area contributed by atoms with Crippen LogP contribution in [0.25, 0.3) is 0 Å². The van der Waals surface area contributed by atoms with Gasteiger partial charge in [-0.1, -0.05) is 12.1 Å². The number of methoxy groups -OCH3 is 1. The van der Waals surface area contributed by atoms with Crippen molar-refractivity contribution in [2.45, 2.75) is 39.0 Å². The summed E-state index contributed by atoms with van der Waals surface area (Å²) in [6.07, 6.45) is -0.757. The van der Waals surface area contributed by atoms with Crippen molar-refractivity contribution < 1.29 is 28.6 Å². The van der Waals surface area contributed by atoms with Gasteiger partial charge in [0.2, 0.25) is 5.91 Å². The number of carbonyl (C=O) groups excluding carboxylic acids is 3. The second-order valence-corrected chi connectivity index (χ2v) is 6.31. The Morgan fingerprint density at radius 2 is 1.92 bits per heavy atom. The molecular formula is C17H24N2O6. The Balaban J connectivity index is 2.57. The first-order valence-corrected chi connectivity index (χ1v) is 7.66. The van der Waals surface area contributed by atoms with Crippen LogP contribution in [0.5, 0.6) is 0 Å². The first kappa shape index (κ1) is 20.4. The molecule has 0 bridgehead atoms. The molecule has 8 heteroatoms. The van der Waals surface area contributed by atoms with Crippen LogP contribution in [0.3, 0.4) is 0 Å². The standard InChI is InChI=1S/C17H24N2O6/c1-17(2,3)25-16(22)19-13(14(18)20)10-24-9-11-6-5-7-12(8-11)15(21)23-4/h5-8,13H,9-10H2,1-4H3,(H2,18,20)(H,19,22)/t13-/m0/s1. The number of hydrogen-bond donors (Lipinski definition) is 2. The van der Waals surface area contributed by atoms with Gasteiger partial charge in [0.05, 0.1) is 25.9 Å². The number of hydrogen-bond acceptors (Lipinski definition) is 6. The van der Waals surface area contributed by atoms with Crippen molar-refractivity contribution >= 4 is 18.0 Å². The van der Waals surface area contributed by atoms with Crippen LogP contribution in [0.4, 0.5) is 4.79 Å². The van der Waals surface area contributed by atoms with Crippen LogP contribution in [-0.4, -0.2) is 43.3 Å². The van der Waals surface area contributed by atoms with E-state index < -0.39 is 29.6 Å². The van der Waals surface area contributed by atoms with E-state index >= 15 is 0 Å². The molecule has 138 valence electrons. The van der Waals surface area contributed by atoms with E-state index in [9.17, 15) is 14.4 Å². The minimum atomic E-state index is -1.03. The summed E-state index contributed by atoms with van der Waals surface area (Å²) in [4.78, 5) is 34.6. The summed E-state index contributed by atoms with van der Waals surface area (Å²) in [5.41, 5.74) is 5.67. The summed E-state index contributed by atoms with van der Waals surface area (Å²) in [5.74, 6) is -1.20. The first-order chi connectivity index (χ1) is 11.6. The highest BCUT2D eigenvalue weighted by atomic mass is 16.6. The lowest BCUT2D eigenvalue weighted by atomic mass is 10.1. The lowest BCUT2D eigenvalue weighted by Gasteiger charge is -2.22. The third-order valence-corrected chi connectivity index (χ3v) is 2.94. The van der Waals surface area contributed by atoms with Crippen LogP contribution in [0, 0.1) is 0 Å². The average molecular weight is 352 g/mol. The van der Waals surface area contributed by atoms with Crippen molar-refractivity contribution in [2.24, 2.45) is 5.73 Å². The second kappa shape index (κ2) is 9.03. The fourth-order valence-electron chi connectivity index (χ4n) is 1.85. The van der Waals surface area contributed by atoms with Crippen LogP contribution in [0.2, 0.25) is 0 Å². The van der Waals surface area contributed by atoms with Crippen molar-refractivity contribution in [2.75, 3.05) is 13.7 Å². The number of amides is 2. The van der Waals surface area contributed by atoms with Gasteiger partial charge in [0.15, 0.2) is 0 Å². The Bertz CT molecular complexity index is 624. The van der Waals surface area contributed by atoms with Gasteiger partial charge < -0.3 is 25.3 Å². The third kappa shape index (κ3) is 7.67. The zero-order valence-electron chi connectivity index (χ0n) is 14.8. The number of nitrogens with two attached hydrogens (primary N) is 1. The van der Waals surface area contributed by atoms with Gasteiger partial charge in [-0.05, 0) is 38.5 Å². The SMILES string of the molecule is COC(=O)c1cccc(COC[C@H](NC(=O)OC(C)(C)C)C(N)=O)c1. The predicted molar refractivity (Wildman–Crippen MR) is 89.8 cm³/mol. The van der Waals surface area contributed by atoms with Gasteiger partial charge in [-0.15, -0.1) is 0 Å². The Morgan fingerprint density at radius 3 is 2.48 bits per heavy atom. The molecular weight excluding hydrogens is 328 g/mol. The molecule has 0 aromatic heterocycles. The topological polar surface area (TPSA) is 117 Å². The summed E-state index contributed by atoms with van der Waals surface area (Å²) >= 11 is 0. The van der Waals surface area contributed by atoms with Crippen LogP contribution < -0.4 is 11.1 Å². The summed E-state index contributed by atoms with van der Waals surface area (Å²) in [6, 6.07) is 5.65. The monoisotopic (exact) mass is 352 g/mol. The molecule has 1 atom stereocenters. The maximum Gasteiger partial charge on any atom is 0.408 e. The van der Waals surface area contributed by atoms with E-state index in [0.717, 1.165) is 0 Å². The molecule has 1 aromatic carbocycles. The van der Waals surface area contributed by atoms with Gasteiger partial charge in [0, 0.05) is 0 Å². The van der Waals surface area contributed by atoms with Crippen LogP contribution in [0.15, 0.2) is 24.3 Å². The average Bonchev–Trinajstić information content (AvgIpc) is 2.51. The molecule has 0 fully saturated rings. The number of nitrogens with one attached hydrogen (secondary N) is 1. The molecule has 0 spiro atoms. The van der Waals surface area contributed by atoms with Crippen LogP contribution in [0.1, 0.15) is 36.7 Å². The van der Waals surface area contributed by atoms with Crippen molar-refractivity contribution in [3.05, 3.63) is 35.4 Å². The molecule has 2 amide bonds. The number of rotatable bonds is 7. The second-order valence-electron chi connectivity index (χ2n) is 6.31. The van der Waals surface area contributed by atoms with Crippen LogP contribution >= 0.6 is 0 Å². The van der Waals surface area contributed by atoms with E-state index in [1.54, 1.807) is 45.0 Å². The third-order valence-electron chi connectivity index (χ3n) is 2.94. The molecule has 3 N–H and O–H groups in total. The molecule has 0 heterocycles. The molecule has 0 saturated heterocycles. The Hall–Kier alpha value is -2.61. The quantitative estimate of drug-likeness (QED) is 0.716. The van der Waals surface area contributed by atoms with Gasteiger partial charge in [0.25, 0.3) is 0 Å². The fourth-order valence-corrected chi connectivity index (χ4v) is 1.85. The number of benzene rings is 1. The van der Waals surface area contributed by atoms with E-state index in [0.29, 0.717) is 11.1 Å². The highest BCUT2D eigenvalue weighted by Crippen LogP contribution is 2.09. The summed E-state index contributed by atoms with van der Waals surface area (Å²) in [6.45, 7) is 5.12. The molecule has 1 rings (SSSR count). The van der Waals surface area contributed by atoms with E-state index in [1.807, 2.05) is 0 Å². The van der Waals surface area contributed by atoms with Crippen molar-refractivity contribution in [3.8, 4) is 0 Å². The Kier molecular flexibility index (Phi) is 7.38. The van der Waals surface area contributed by atoms with E-state index in [-0.39, 0.29) is 13.2 Å². The van der Waals surface area contributed by atoms with Gasteiger partial charge in [-0.3, -0.25) is 4.79 Å². The number of carbonyl (C=O) groups is 3. The van der Waals surface area contributed by atoms with E-state index in [1.165, 1.54) is 7.11 Å². The highest BCUT2D eigenvalue weighted by Gasteiger charge is 2.22. The lowest BCUT2D eigenvalue weighted by Crippen LogP contribution is -2.48. The molecule has 8 nitrogen and oxygen atoms in total. The van der Waals surface area contributed by atoms with Gasteiger partial charge in [0.1, 0.15) is 11.6 Å². The lowest BCUT2D eigenvalue weighted by molar-refractivity contribution is -0.121. The first-order valence-electron chi connectivity index (χ1n) is 7.66. The largest absolute Gasteiger partial charge is 0.465 e. The normalized spacial score (nSPS) is 12.2. The van der Waals surface area contributed by atoms with Gasteiger partial charge in [-0.2, -0.15) is 0 Å². The summed E-state index contributed by atoms with van der Waals surface area (Å²) in [5, 5.41) is 2.36. The molecule has 0 unspecified atom stereocenters.